The van der Waals surface area contributed by atoms with Crippen LogP contribution in [0, 0.1) is 0 Å². The van der Waals surface area contributed by atoms with Crippen molar-refractivity contribution in [3.8, 4) is 5.75 Å². The molecule has 2 N–H and O–H groups in total. The van der Waals surface area contributed by atoms with Crippen LogP contribution in [0.3, 0.4) is 0 Å². The summed E-state index contributed by atoms with van der Waals surface area (Å²) in [4.78, 5) is 29.0. The van der Waals surface area contributed by atoms with Crippen LogP contribution in [0.5, 0.6) is 5.75 Å². The number of rotatable bonds is 8. The first-order chi connectivity index (χ1) is 17.6. The van der Waals surface area contributed by atoms with E-state index < -0.39 is 0 Å². The molecule has 4 aromatic rings. The van der Waals surface area contributed by atoms with E-state index in [1.54, 1.807) is 7.11 Å². The number of H-pyrrole nitrogens is 1. The highest BCUT2D eigenvalue weighted by atomic mass is 35.5. The first-order valence-corrected chi connectivity index (χ1v) is 12.1. The third kappa shape index (κ3) is 5.92. The van der Waals surface area contributed by atoms with Gasteiger partial charge in [0.25, 0.3) is 0 Å². The number of aromatic nitrogens is 4. The number of aromatic amines is 1. The van der Waals surface area contributed by atoms with Gasteiger partial charge in [-0.25, -0.2) is 15.0 Å². The molecule has 0 saturated heterocycles. The fourth-order valence-electron chi connectivity index (χ4n) is 4.16. The van der Waals surface area contributed by atoms with Crippen LogP contribution in [-0.2, 0) is 16.0 Å². The highest BCUT2D eigenvalue weighted by Crippen LogP contribution is 2.38. The summed E-state index contributed by atoms with van der Waals surface area (Å²) < 4.78 is 10.4. The van der Waals surface area contributed by atoms with Crippen molar-refractivity contribution in [2.45, 2.75) is 19.4 Å². The number of anilines is 1. The lowest BCUT2D eigenvalue weighted by molar-refractivity contribution is -0.120. The minimum atomic E-state index is -0.179. The summed E-state index contributed by atoms with van der Waals surface area (Å²) in [5.74, 6) is 1.27. The summed E-state index contributed by atoms with van der Waals surface area (Å²) in [7, 11) is 1.68. The van der Waals surface area contributed by atoms with E-state index in [0.717, 1.165) is 47.3 Å². The maximum Gasteiger partial charge on any atom is 0.225 e. The van der Waals surface area contributed by atoms with E-state index in [0.29, 0.717) is 30.7 Å². The summed E-state index contributed by atoms with van der Waals surface area (Å²) >= 11 is 6.22. The lowest BCUT2D eigenvalue weighted by atomic mass is 9.93. The molecule has 0 fully saturated rings. The van der Waals surface area contributed by atoms with E-state index in [1.807, 2.05) is 54.3 Å². The summed E-state index contributed by atoms with van der Waals surface area (Å²) in [5.41, 5.74) is 4.31. The van der Waals surface area contributed by atoms with Gasteiger partial charge in [0.2, 0.25) is 12.4 Å². The molecule has 36 heavy (non-hydrogen) atoms. The standard InChI is InChI=1S/C23H21ClN6O2.C3H8O/c24-16-3-6-20-19(11-16)18-7-9-30(14-31)22(21(18)29-20)15-1-4-17(5-2-15)32-10-8-26-23-27-12-25-13-28-23;1-3-4-2/h1-6,11-14,22,29H,7-10H2,(H,25,26,27,28);3H2,1-2H3. The monoisotopic (exact) mass is 508 g/mol. The number of carbonyl (C=O) groups excluding carboxylic acids is 1. The Hall–Kier alpha value is -3.69. The van der Waals surface area contributed by atoms with Gasteiger partial charge in [0.05, 0.1) is 12.6 Å². The van der Waals surface area contributed by atoms with Gasteiger partial charge in [0.15, 0.2) is 0 Å². The van der Waals surface area contributed by atoms with Crippen molar-refractivity contribution < 1.29 is 14.3 Å². The van der Waals surface area contributed by atoms with Gasteiger partial charge in [-0.2, -0.15) is 0 Å². The molecule has 2 aromatic heterocycles. The number of halogens is 1. The molecule has 9 nitrogen and oxygen atoms in total. The number of nitrogens with one attached hydrogen (secondary N) is 2. The molecular weight excluding hydrogens is 480 g/mol. The number of carbonyl (C=O) groups is 1. The number of methoxy groups -OCH3 is 1. The molecule has 0 radical (unpaired) electrons. The second-order valence-corrected chi connectivity index (χ2v) is 8.52. The maximum absolute atomic E-state index is 11.8. The molecule has 1 atom stereocenters. The van der Waals surface area contributed by atoms with Crippen molar-refractivity contribution in [2.24, 2.45) is 0 Å². The number of nitrogens with zero attached hydrogens (tertiary/aromatic N) is 4. The predicted octanol–water partition coefficient (Wildman–Crippen LogP) is 4.25. The molecule has 0 spiro atoms. The van der Waals surface area contributed by atoms with E-state index in [1.165, 1.54) is 18.2 Å². The van der Waals surface area contributed by atoms with Crippen LogP contribution in [0.4, 0.5) is 5.95 Å². The molecule has 0 saturated carbocycles. The average molecular weight is 509 g/mol. The topological polar surface area (TPSA) is 105 Å². The van der Waals surface area contributed by atoms with Gasteiger partial charge in [-0.05, 0) is 54.8 Å². The molecule has 0 bridgehead atoms. The fraction of sp³-hybridized carbons (Fsp3) is 0.308. The van der Waals surface area contributed by atoms with Crippen molar-refractivity contribution in [2.75, 3.05) is 38.7 Å². The van der Waals surface area contributed by atoms with Crippen LogP contribution in [0.25, 0.3) is 10.9 Å². The Morgan fingerprint density at radius 3 is 2.64 bits per heavy atom. The molecule has 3 heterocycles. The van der Waals surface area contributed by atoms with Gasteiger partial charge in [-0.1, -0.05) is 23.7 Å². The zero-order valence-corrected chi connectivity index (χ0v) is 21.0. The Kier molecular flexibility index (Phi) is 8.70. The predicted molar refractivity (Wildman–Crippen MR) is 139 cm³/mol. The first-order valence-electron chi connectivity index (χ1n) is 11.7. The number of fused-ring (bicyclic) bond motifs is 3. The van der Waals surface area contributed by atoms with E-state index in [9.17, 15) is 4.79 Å². The second-order valence-electron chi connectivity index (χ2n) is 8.09. The van der Waals surface area contributed by atoms with Crippen LogP contribution in [0.1, 0.15) is 29.8 Å². The zero-order chi connectivity index (χ0) is 25.3. The SMILES string of the molecule is CCOC.O=CN1CCc2c([nH]c3ccc(Cl)cc23)C1c1ccc(OCCNc2ncncn2)cc1. The first kappa shape index (κ1) is 25.4. The van der Waals surface area contributed by atoms with E-state index >= 15 is 0 Å². The molecule has 0 aliphatic carbocycles. The number of ether oxygens (including phenoxy) is 2. The minimum absolute atomic E-state index is 0.179. The molecule has 1 aliphatic rings. The lowest BCUT2D eigenvalue weighted by Crippen LogP contribution is -2.34. The molecule has 2 aromatic carbocycles. The fourth-order valence-corrected chi connectivity index (χ4v) is 4.33. The molecule has 188 valence electrons. The summed E-state index contributed by atoms with van der Waals surface area (Å²) in [6, 6.07) is 13.5. The smallest absolute Gasteiger partial charge is 0.225 e. The van der Waals surface area contributed by atoms with Crippen molar-refractivity contribution >= 4 is 34.9 Å². The molecule has 1 amide bonds. The van der Waals surface area contributed by atoms with Gasteiger partial charge < -0.3 is 24.7 Å². The average Bonchev–Trinajstić information content (AvgIpc) is 3.29. The Labute approximate surface area is 214 Å². The van der Waals surface area contributed by atoms with Crippen molar-refractivity contribution in [3.63, 3.8) is 0 Å². The Morgan fingerprint density at radius 1 is 1.19 bits per heavy atom. The third-order valence-electron chi connectivity index (χ3n) is 5.89. The summed E-state index contributed by atoms with van der Waals surface area (Å²) in [6.45, 7) is 4.46. The van der Waals surface area contributed by atoms with Gasteiger partial charge in [-0.15, -0.1) is 0 Å². The zero-order valence-electron chi connectivity index (χ0n) is 20.3. The van der Waals surface area contributed by atoms with Crippen LogP contribution < -0.4 is 10.1 Å². The van der Waals surface area contributed by atoms with E-state index in [-0.39, 0.29) is 6.04 Å². The van der Waals surface area contributed by atoms with Gasteiger partial charge >= 0.3 is 0 Å². The van der Waals surface area contributed by atoms with Crippen LogP contribution >= 0.6 is 11.6 Å². The Morgan fingerprint density at radius 2 is 1.94 bits per heavy atom. The van der Waals surface area contributed by atoms with Gasteiger partial charge in [0, 0.05) is 41.9 Å². The Balaban J connectivity index is 0.000000709. The molecule has 5 rings (SSSR count). The largest absolute Gasteiger partial charge is 0.492 e. The van der Waals surface area contributed by atoms with Crippen molar-refractivity contribution in [1.29, 1.82) is 0 Å². The quantitative estimate of drug-likeness (QED) is 0.270. The highest BCUT2D eigenvalue weighted by molar-refractivity contribution is 6.31. The molecule has 1 aliphatic heterocycles. The lowest BCUT2D eigenvalue weighted by Gasteiger charge is -2.33. The molecule has 1 unspecified atom stereocenters. The summed E-state index contributed by atoms with van der Waals surface area (Å²) in [5, 5.41) is 4.90. The Bertz CT molecular complexity index is 1260. The third-order valence-corrected chi connectivity index (χ3v) is 6.13. The maximum atomic E-state index is 11.8. The second kappa shape index (κ2) is 12.3. The van der Waals surface area contributed by atoms with Gasteiger partial charge in [-0.3, -0.25) is 4.79 Å². The number of benzene rings is 2. The minimum Gasteiger partial charge on any atom is -0.492 e. The van der Waals surface area contributed by atoms with E-state index in [2.05, 4.69) is 30.0 Å². The van der Waals surface area contributed by atoms with E-state index in [4.69, 9.17) is 16.3 Å². The van der Waals surface area contributed by atoms with Gasteiger partial charge in [0.1, 0.15) is 25.0 Å². The number of hydrogen-bond acceptors (Lipinski definition) is 7. The van der Waals surface area contributed by atoms with Crippen molar-refractivity contribution in [3.05, 3.63) is 77.0 Å². The van der Waals surface area contributed by atoms with Crippen LogP contribution in [0.15, 0.2) is 55.1 Å². The highest BCUT2D eigenvalue weighted by Gasteiger charge is 2.31. The van der Waals surface area contributed by atoms with Crippen molar-refractivity contribution in [1.82, 2.24) is 24.8 Å². The van der Waals surface area contributed by atoms with Crippen LogP contribution in [-0.4, -0.2) is 64.7 Å². The molecular formula is C26H29ClN6O3. The summed E-state index contributed by atoms with van der Waals surface area (Å²) in [6.07, 6.45) is 4.59. The normalized spacial score (nSPS) is 14.5. The van der Waals surface area contributed by atoms with Crippen LogP contribution in [0.2, 0.25) is 5.02 Å². The molecule has 10 heteroatoms. The number of hydrogen-bond donors (Lipinski definition) is 2. The number of amides is 1.